The molecule has 0 heterocycles. The summed E-state index contributed by atoms with van der Waals surface area (Å²) in [6.45, 7) is 2.57. The van der Waals surface area contributed by atoms with Gasteiger partial charge in [-0.3, -0.25) is 0 Å². The lowest BCUT2D eigenvalue weighted by molar-refractivity contribution is 0.521. The summed E-state index contributed by atoms with van der Waals surface area (Å²) < 4.78 is 25.4. The van der Waals surface area contributed by atoms with Crippen LogP contribution in [0.3, 0.4) is 0 Å². The van der Waals surface area contributed by atoms with Crippen LogP contribution in [0.15, 0.2) is 29.2 Å². The molecule has 0 aliphatic heterocycles. The minimum absolute atomic E-state index is 0.0927. The number of para-hydroxylation sites is 1. The van der Waals surface area contributed by atoms with Gasteiger partial charge in [0.15, 0.2) is 0 Å². The van der Waals surface area contributed by atoms with Crippen molar-refractivity contribution in [2.75, 3.05) is 26.0 Å². The molecule has 1 aromatic rings. The van der Waals surface area contributed by atoms with E-state index in [4.69, 9.17) is 5.73 Å². The second-order valence-electron chi connectivity index (χ2n) is 4.48. The van der Waals surface area contributed by atoms with Gasteiger partial charge in [0.1, 0.15) is 4.90 Å². The minimum Gasteiger partial charge on any atom is -0.384 e. The van der Waals surface area contributed by atoms with Gasteiger partial charge in [-0.05, 0) is 25.5 Å². The Morgan fingerprint density at radius 2 is 1.94 bits per heavy atom. The summed E-state index contributed by atoms with van der Waals surface area (Å²) in [6.07, 6.45) is 0.788. The van der Waals surface area contributed by atoms with Gasteiger partial charge in [-0.2, -0.15) is 0 Å². The van der Waals surface area contributed by atoms with Gasteiger partial charge in [0, 0.05) is 26.7 Å². The first-order valence-electron chi connectivity index (χ1n) is 5.86. The SMILES string of the molecule is CC(N)CCNc1ccccc1S(=O)(=O)N(C)C. The van der Waals surface area contributed by atoms with Crippen molar-refractivity contribution in [1.29, 1.82) is 0 Å². The summed E-state index contributed by atoms with van der Waals surface area (Å²) in [4.78, 5) is 0.291. The van der Waals surface area contributed by atoms with Crippen molar-refractivity contribution < 1.29 is 8.42 Å². The highest BCUT2D eigenvalue weighted by Gasteiger charge is 2.20. The quantitative estimate of drug-likeness (QED) is 0.812. The predicted octanol–water partition coefficient (Wildman–Crippen LogP) is 1.09. The molecule has 0 amide bonds. The molecule has 0 radical (unpaired) electrons. The molecular weight excluding hydrogens is 250 g/mol. The zero-order valence-electron chi connectivity index (χ0n) is 11.1. The first kappa shape index (κ1) is 14.9. The van der Waals surface area contributed by atoms with Gasteiger partial charge in [-0.1, -0.05) is 12.1 Å². The van der Waals surface area contributed by atoms with E-state index in [-0.39, 0.29) is 6.04 Å². The molecule has 1 rings (SSSR count). The molecule has 3 N–H and O–H groups in total. The van der Waals surface area contributed by atoms with Gasteiger partial charge < -0.3 is 11.1 Å². The van der Waals surface area contributed by atoms with Gasteiger partial charge in [0.05, 0.1) is 5.69 Å². The Balaban J connectivity index is 2.94. The van der Waals surface area contributed by atoms with Crippen LogP contribution in [0.4, 0.5) is 5.69 Å². The molecule has 0 saturated carbocycles. The van der Waals surface area contributed by atoms with E-state index in [0.717, 1.165) is 6.42 Å². The zero-order chi connectivity index (χ0) is 13.8. The fourth-order valence-corrected chi connectivity index (χ4v) is 2.53. The Bertz CT molecular complexity index is 484. The van der Waals surface area contributed by atoms with Crippen LogP contribution in [0.1, 0.15) is 13.3 Å². The van der Waals surface area contributed by atoms with E-state index in [2.05, 4.69) is 5.32 Å². The van der Waals surface area contributed by atoms with Crippen LogP contribution in [0, 0.1) is 0 Å². The van der Waals surface area contributed by atoms with E-state index in [9.17, 15) is 8.42 Å². The molecule has 6 heteroatoms. The molecule has 5 nitrogen and oxygen atoms in total. The molecule has 1 atom stereocenters. The summed E-state index contributed by atoms with van der Waals surface area (Å²) in [6, 6.07) is 6.98. The summed E-state index contributed by atoms with van der Waals surface area (Å²) >= 11 is 0. The van der Waals surface area contributed by atoms with Gasteiger partial charge in [-0.25, -0.2) is 12.7 Å². The molecule has 0 bridgehead atoms. The highest BCUT2D eigenvalue weighted by Crippen LogP contribution is 2.22. The fraction of sp³-hybridized carbons (Fsp3) is 0.500. The highest BCUT2D eigenvalue weighted by atomic mass is 32.2. The van der Waals surface area contributed by atoms with E-state index in [0.29, 0.717) is 17.1 Å². The first-order chi connectivity index (χ1) is 8.35. The van der Waals surface area contributed by atoms with Crippen molar-refractivity contribution in [1.82, 2.24) is 4.31 Å². The number of hydrogen-bond acceptors (Lipinski definition) is 4. The standard InChI is InChI=1S/C12H21N3O2S/c1-10(13)8-9-14-11-6-4-5-7-12(11)18(16,17)15(2)3/h4-7,10,14H,8-9,13H2,1-3H3. The van der Waals surface area contributed by atoms with Crippen LogP contribution in [0.2, 0.25) is 0 Å². The van der Waals surface area contributed by atoms with E-state index >= 15 is 0 Å². The lowest BCUT2D eigenvalue weighted by atomic mass is 10.2. The van der Waals surface area contributed by atoms with Gasteiger partial charge in [-0.15, -0.1) is 0 Å². The average molecular weight is 271 g/mol. The number of nitrogens with one attached hydrogen (secondary N) is 1. The Hall–Kier alpha value is -1.11. The van der Waals surface area contributed by atoms with Gasteiger partial charge >= 0.3 is 0 Å². The van der Waals surface area contributed by atoms with Crippen molar-refractivity contribution in [3.8, 4) is 0 Å². The van der Waals surface area contributed by atoms with Crippen molar-refractivity contribution in [2.24, 2.45) is 5.73 Å². The van der Waals surface area contributed by atoms with E-state index in [1.54, 1.807) is 18.2 Å². The second kappa shape index (κ2) is 6.17. The molecule has 0 spiro atoms. The van der Waals surface area contributed by atoms with Crippen molar-refractivity contribution in [3.63, 3.8) is 0 Å². The van der Waals surface area contributed by atoms with Crippen molar-refractivity contribution in [3.05, 3.63) is 24.3 Å². The molecule has 0 aromatic heterocycles. The number of nitrogens with two attached hydrogens (primary N) is 1. The zero-order valence-corrected chi connectivity index (χ0v) is 11.9. The van der Waals surface area contributed by atoms with Crippen LogP contribution >= 0.6 is 0 Å². The molecule has 0 fully saturated rings. The van der Waals surface area contributed by atoms with Crippen LogP contribution in [-0.2, 0) is 10.0 Å². The molecular formula is C12H21N3O2S. The van der Waals surface area contributed by atoms with Gasteiger partial charge in [0.2, 0.25) is 10.0 Å². The number of benzene rings is 1. The van der Waals surface area contributed by atoms with Gasteiger partial charge in [0.25, 0.3) is 0 Å². The molecule has 1 aromatic carbocycles. The summed E-state index contributed by atoms with van der Waals surface area (Å²) in [5.41, 5.74) is 6.28. The molecule has 0 aliphatic rings. The number of sulfonamides is 1. The molecule has 0 aliphatic carbocycles. The van der Waals surface area contributed by atoms with E-state index in [1.165, 1.54) is 18.4 Å². The lowest BCUT2D eigenvalue weighted by Gasteiger charge is -2.16. The summed E-state index contributed by atoms with van der Waals surface area (Å²) in [5, 5.41) is 3.12. The highest BCUT2D eigenvalue weighted by molar-refractivity contribution is 7.89. The number of hydrogen-bond donors (Lipinski definition) is 2. The summed E-state index contributed by atoms with van der Waals surface area (Å²) in [7, 11) is -0.375. The van der Waals surface area contributed by atoms with Crippen LogP contribution < -0.4 is 11.1 Å². The minimum atomic E-state index is -3.42. The van der Waals surface area contributed by atoms with Crippen molar-refractivity contribution >= 4 is 15.7 Å². The molecule has 102 valence electrons. The third-order valence-corrected chi connectivity index (χ3v) is 4.43. The van der Waals surface area contributed by atoms with Crippen LogP contribution in [-0.4, -0.2) is 39.4 Å². The van der Waals surface area contributed by atoms with Crippen molar-refractivity contribution in [2.45, 2.75) is 24.3 Å². The number of anilines is 1. The first-order valence-corrected chi connectivity index (χ1v) is 7.30. The Labute approximate surface area is 109 Å². The third kappa shape index (κ3) is 3.69. The lowest BCUT2D eigenvalue weighted by Crippen LogP contribution is -2.24. The summed E-state index contributed by atoms with van der Waals surface area (Å²) in [5.74, 6) is 0. The molecule has 18 heavy (non-hydrogen) atoms. The molecule has 0 saturated heterocycles. The normalized spacial score (nSPS) is 13.6. The average Bonchev–Trinajstić information content (AvgIpc) is 2.28. The Kier molecular flexibility index (Phi) is 5.13. The third-order valence-electron chi connectivity index (χ3n) is 2.56. The smallest absolute Gasteiger partial charge is 0.244 e. The topological polar surface area (TPSA) is 75.4 Å². The Morgan fingerprint density at radius 3 is 2.50 bits per heavy atom. The maximum Gasteiger partial charge on any atom is 0.244 e. The van der Waals surface area contributed by atoms with Crippen LogP contribution in [0.25, 0.3) is 0 Å². The number of rotatable bonds is 6. The monoisotopic (exact) mass is 271 g/mol. The maximum absolute atomic E-state index is 12.1. The van der Waals surface area contributed by atoms with Crippen LogP contribution in [0.5, 0.6) is 0 Å². The predicted molar refractivity (Wildman–Crippen MR) is 74.1 cm³/mol. The number of nitrogens with zero attached hydrogens (tertiary/aromatic N) is 1. The molecule has 1 unspecified atom stereocenters. The van der Waals surface area contributed by atoms with E-state index < -0.39 is 10.0 Å². The van der Waals surface area contributed by atoms with E-state index in [1.807, 2.05) is 13.0 Å². The Morgan fingerprint density at radius 1 is 1.33 bits per heavy atom. The maximum atomic E-state index is 12.1. The second-order valence-corrected chi connectivity index (χ2v) is 6.60. The largest absolute Gasteiger partial charge is 0.384 e. The fourth-order valence-electron chi connectivity index (χ4n) is 1.47.